The maximum atomic E-state index is 12.3. The number of fused-ring (bicyclic) bond motifs is 5. The highest BCUT2D eigenvalue weighted by Crippen LogP contribution is 2.65. The Morgan fingerprint density at radius 2 is 1.81 bits per heavy atom. The fourth-order valence-electron chi connectivity index (χ4n) is 8.19. The number of hydrogen-bond acceptors (Lipinski definition) is 4. The van der Waals surface area contributed by atoms with E-state index < -0.39 is 11.1 Å². The Labute approximate surface area is 158 Å². The van der Waals surface area contributed by atoms with Crippen molar-refractivity contribution in [1.29, 1.82) is 0 Å². The normalized spacial score (nSPS) is 56.4. The molecule has 4 rings (SSSR count). The second-order valence-electron chi connectivity index (χ2n) is 10.6. The Bertz CT molecular complexity index is 590. The lowest BCUT2D eigenvalue weighted by Gasteiger charge is -2.62. The van der Waals surface area contributed by atoms with Gasteiger partial charge in [-0.15, -0.1) is 0 Å². The molecule has 0 bridgehead atoms. The Hall–Kier alpha value is -0.450. The maximum Gasteiger partial charge on any atom is 0.133 e. The number of ether oxygens (including phenoxy) is 1. The lowest BCUT2D eigenvalue weighted by Crippen LogP contribution is -2.69. The molecule has 0 saturated heterocycles. The van der Waals surface area contributed by atoms with Gasteiger partial charge in [0.1, 0.15) is 5.78 Å². The smallest absolute Gasteiger partial charge is 0.133 e. The van der Waals surface area contributed by atoms with Crippen LogP contribution < -0.4 is 5.73 Å². The molecule has 3 N–H and O–H groups in total. The van der Waals surface area contributed by atoms with Crippen molar-refractivity contribution in [1.82, 2.24) is 0 Å². The molecule has 4 saturated carbocycles. The van der Waals surface area contributed by atoms with Crippen LogP contribution in [0, 0.1) is 35.0 Å². The predicted molar refractivity (Wildman–Crippen MR) is 102 cm³/mol. The van der Waals surface area contributed by atoms with Crippen molar-refractivity contribution in [3.63, 3.8) is 0 Å². The molecule has 4 heteroatoms. The van der Waals surface area contributed by atoms with E-state index in [0.29, 0.717) is 35.9 Å². The van der Waals surface area contributed by atoms with Gasteiger partial charge in [0, 0.05) is 18.6 Å². The quantitative estimate of drug-likeness (QED) is 0.789. The maximum absolute atomic E-state index is 12.3. The zero-order valence-corrected chi connectivity index (χ0v) is 17.0. The van der Waals surface area contributed by atoms with Crippen LogP contribution in [0.5, 0.6) is 0 Å². The fourth-order valence-corrected chi connectivity index (χ4v) is 8.19. The summed E-state index contributed by atoms with van der Waals surface area (Å²) in [5.41, 5.74) is 6.09. The van der Waals surface area contributed by atoms with Gasteiger partial charge in [0.05, 0.1) is 11.7 Å². The summed E-state index contributed by atoms with van der Waals surface area (Å²) in [5, 5.41) is 10.7. The Morgan fingerprint density at radius 1 is 1.08 bits per heavy atom. The Kier molecular flexibility index (Phi) is 4.38. The third-order valence-electron chi connectivity index (χ3n) is 9.24. The number of methoxy groups -OCH3 is 1. The molecule has 0 aromatic heterocycles. The van der Waals surface area contributed by atoms with Crippen LogP contribution in [0.4, 0.5) is 0 Å². The van der Waals surface area contributed by atoms with Crippen molar-refractivity contribution < 1.29 is 14.6 Å². The van der Waals surface area contributed by atoms with Crippen LogP contribution in [0.3, 0.4) is 0 Å². The number of ketones is 1. The van der Waals surface area contributed by atoms with E-state index in [2.05, 4.69) is 6.92 Å². The average molecular weight is 364 g/mol. The van der Waals surface area contributed by atoms with E-state index in [-0.39, 0.29) is 17.4 Å². The van der Waals surface area contributed by atoms with Gasteiger partial charge < -0.3 is 15.6 Å². The molecule has 2 unspecified atom stereocenters. The topological polar surface area (TPSA) is 72.5 Å². The minimum absolute atomic E-state index is 0.0132. The summed E-state index contributed by atoms with van der Waals surface area (Å²) >= 11 is 0. The molecule has 0 aromatic carbocycles. The van der Waals surface area contributed by atoms with Crippen LogP contribution in [0.25, 0.3) is 0 Å². The predicted octanol–water partition coefficient (Wildman–Crippen LogP) is 3.30. The minimum atomic E-state index is -0.675. The molecule has 0 aromatic rings. The van der Waals surface area contributed by atoms with E-state index in [1.165, 1.54) is 12.8 Å². The molecule has 148 valence electrons. The van der Waals surface area contributed by atoms with Gasteiger partial charge in [-0.05, 0) is 94.3 Å². The van der Waals surface area contributed by atoms with Crippen LogP contribution in [-0.4, -0.2) is 35.2 Å². The van der Waals surface area contributed by atoms with Gasteiger partial charge in [0.25, 0.3) is 0 Å². The summed E-state index contributed by atoms with van der Waals surface area (Å²) in [6.07, 6.45) is 8.08. The summed E-state index contributed by atoms with van der Waals surface area (Å²) in [5.74, 6) is 2.94. The van der Waals surface area contributed by atoms with Crippen LogP contribution in [0.2, 0.25) is 0 Å². The van der Waals surface area contributed by atoms with Crippen LogP contribution >= 0.6 is 0 Å². The number of carbonyl (C=O) groups is 1. The first-order chi connectivity index (χ1) is 12.1. The molecule has 9 atom stereocenters. The lowest BCUT2D eigenvalue weighted by molar-refractivity contribution is -0.165. The summed E-state index contributed by atoms with van der Waals surface area (Å²) in [6.45, 7) is 6.10. The van der Waals surface area contributed by atoms with E-state index >= 15 is 0 Å². The number of carbonyl (C=O) groups excluding carboxylic acids is 1. The molecule has 0 spiro atoms. The van der Waals surface area contributed by atoms with Gasteiger partial charge in [-0.25, -0.2) is 0 Å². The Balaban J connectivity index is 1.66. The van der Waals surface area contributed by atoms with Crippen molar-refractivity contribution >= 4 is 5.78 Å². The second kappa shape index (κ2) is 6.02. The zero-order valence-electron chi connectivity index (χ0n) is 17.0. The number of aliphatic hydroxyl groups is 1. The zero-order chi connectivity index (χ0) is 18.9. The van der Waals surface area contributed by atoms with E-state index in [9.17, 15) is 9.90 Å². The van der Waals surface area contributed by atoms with Gasteiger partial charge in [0.2, 0.25) is 0 Å². The third-order valence-corrected chi connectivity index (χ3v) is 9.24. The molecule has 0 heterocycles. The molecule has 0 radical (unpaired) electrons. The van der Waals surface area contributed by atoms with Gasteiger partial charge >= 0.3 is 0 Å². The molecular formula is C22H37NO3. The summed E-state index contributed by atoms with van der Waals surface area (Å²) in [6, 6.07) is 0. The largest absolute Gasteiger partial charge is 0.390 e. The highest BCUT2D eigenvalue weighted by Gasteiger charge is 2.63. The van der Waals surface area contributed by atoms with E-state index in [0.717, 1.165) is 32.1 Å². The highest BCUT2D eigenvalue weighted by atomic mass is 16.5. The average Bonchev–Trinajstić information content (AvgIpc) is 2.89. The van der Waals surface area contributed by atoms with E-state index in [1.54, 1.807) is 14.0 Å². The van der Waals surface area contributed by atoms with Crippen molar-refractivity contribution in [2.24, 2.45) is 40.7 Å². The van der Waals surface area contributed by atoms with Crippen molar-refractivity contribution in [2.45, 2.75) is 89.4 Å². The van der Waals surface area contributed by atoms with Gasteiger partial charge in [-0.2, -0.15) is 0 Å². The van der Waals surface area contributed by atoms with Crippen LogP contribution in [0.1, 0.15) is 72.1 Å². The third kappa shape index (κ3) is 2.55. The van der Waals surface area contributed by atoms with E-state index in [4.69, 9.17) is 10.5 Å². The highest BCUT2D eigenvalue weighted by molar-refractivity contribution is 5.79. The number of hydrogen-bond donors (Lipinski definition) is 2. The fraction of sp³-hybridized carbons (Fsp3) is 0.955. The first kappa shape index (κ1) is 18.9. The van der Waals surface area contributed by atoms with Gasteiger partial charge in [0.15, 0.2) is 0 Å². The monoisotopic (exact) mass is 363 g/mol. The number of nitrogens with two attached hydrogens (primary N) is 1. The molecule has 4 aliphatic carbocycles. The number of rotatable bonds is 2. The molecule has 0 aliphatic heterocycles. The first-order valence-electron chi connectivity index (χ1n) is 10.7. The molecule has 26 heavy (non-hydrogen) atoms. The second-order valence-corrected chi connectivity index (χ2v) is 10.6. The number of Topliss-reactive ketones (excluding diaryl/α,β-unsaturated/α-hetero) is 1. The molecule has 4 aliphatic rings. The molecule has 4 nitrogen and oxygen atoms in total. The summed E-state index contributed by atoms with van der Waals surface area (Å²) in [4.78, 5) is 12.3. The summed E-state index contributed by atoms with van der Waals surface area (Å²) < 4.78 is 5.96. The van der Waals surface area contributed by atoms with Gasteiger partial charge in [-0.1, -0.05) is 6.92 Å². The van der Waals surface area contributed by atoms with Crippen LogP contribution in [0.15, 0.2) is 0 Å². The van der Waals surface area contributed by atoms with Crippen molar-refractivity contribution in [2.75, 3.05) is 7.11 Å². The SMILES string of the molecule is CO[C@@H]1CC2[C@H](CCC3(C)[C@@H](C(C)=O)CC[C@@H]23)[C@H]2CC[C@@](C)(O)C[C@]21N. The Morgan fingerprint density at radius 3 is 2.46 bits per heavy atom. The molecular weight excluding hydrogens is 326 g/mol. The molecule has 0 amide bonds. The minimum Gasteiger partial charge on any atom is -0.390 e. The lowest BCUT2D eigenvalue weighted by atomic mass is 9.46. The first-order valence-corrected chi connectivity index (χ1v) is 10.7. The van der Waals surface area contributed by atoms with Crippen molar-refractivity contribution in [3.05, 3.63) is 0 Å². The summed E-state index contributed by atoms with van der Waals surface area (Å²) in [7, 11) is 1.79. The van der Waals surface area contributed by atoms with Crippen LogP contribution in [-0.2, 0) is 9.53 Å². The molecule has 4 fully saturated rings. The standard InChI is InChI=1S/C22H37NO3/c1-13(24)16-5-6-17-15-11-19(26-4)22(23)12-20(2,25)9-8-18(22)14(15)7-10-21(16,17)3/h14-19,25H,5-12,23H2,1-4H3/t14-,15?,16+,17-,18+,19+,20+,21?,22-/m0/s1. The van der Waals surface area contributed by atoms with Crippen molar-refractivity contribution in [3.8, 4) is 0 Å². The van der Waals surface area contributed by atoms with E-state index in [1.807, 2.05) is 6.92 Å². The van der Waals surface area contributed by atoms with Gasteiger partial charge in [-0.3, -0.25) is 4.79 Å².